The Morgan fingerprint density at radius 1 is 0.500 bits per heavy atom. The molecule has 6 N–H and O–H groups in total. The first kappa shape index (κ1) is 70.8. The second kappa shape index (κ2) is 28.7. The number of carbonyl (C=O) groups is 9. The fourth-order valence-corrected chi connectivity index (χ4v) is 12.0. The van der Waals surface area contributed by atoms with Gasteiger partial charge in [-0.1, -0.05) is 36.4 Å². The number of alkyl carbamates (subject to hydrolysis) is 4. The fraction of sp³-hybridized carbons (Fsp3) is 0.522. The molecule has 5 atom stereocenters. The Morgan fingerprint density at radius 3 is 1.16 bits per heavy atom. The number of amides is 7. The summed E-state index contributed by atoms with van der Waals surface area (Å²) >= 11 is 0. The van der Waals surface area contributed by atoms with Gasteiger partial charge in [-0.2, -0.15) is 0 Å². The molecule has 21 heteroatoms. The number of hydrogen-bond acceptors (Lipinski definition) is 14. The molecule has 1 fully saturated rings. The third-order valence-electron chi connectivity index (χ3n) is 16.1. The summed E-state index contributed by atoms with van der Waals surface area (Å²) in [6, 6.07) is 14.4. The van der Waals surface area contributed by atoms with Crippen LogP contribution in [0.15, 0.2) is 48.5 Å². The van der Waals surface area contributed by atoms with E-state index in [1.165, 1.54) is 17.7 Å². The van der Waals surface area contributed by atoms with Crippen LogP contribution in [-0.4, -0.2) is 101 Å². The highest BCUT2D eigenvalue weighted by Crippen LogP contribution is 2.40. The van der Waals surface area contributed by atoms with E-state index in [1.807, 2.05) is 141 Å². The topological polar surface area (TPSA) is 283 Å². The van der Waals surface area contributed by atoms with Gasteiger partial charge in [-0.15, -0.1) is 0 Å². The van der Waals surface area contributed by atoms with E-state index in [4.69, 9.17) is 28.9 Å². The van der Waals surface area contributed by atoms with Gasteiger partial charge in [0.15, 0.2) is 0 Å². The number of imide groups is 1. The number of ether oxygens (including phenoxy) is 4. The van der Waals surface area contributed by atoms with E-state index in [-0.39, 0.29) is 48.3 Å². The number of hydrogen-bond donors (Lipinski definition) is 6. The smallest absolute Gasteiger partial charge is 0.408 e. The first-order chi connectivity index (χ1) is 41.8. The van der Waals surface area contributed by atoms with Gasteiger partial charge in [0.25, 0.3) is 5.91 Å². The van der Waals surface area contributed by atoms with Crippen molar-refractivity contribution in [3.8, 4) is 0 Å². The molecule has 0 radical (unpaired) electrons. The van der Waals surface area contributed by atoms with Gasteiger partial charge in [-0.05, 0) is 247 Å². The average molecular weight is 1250 g/mol. The number of carboxylic acid groups (broad SMARTS) is 1. The minimum absolute atomic E-state index is 0.0285. The van der Waals surface area contributed by atoms with Crippen LogP contribution in [0.4, 0.5) is 19.2 Å². The van der Waals surface area contributed by atoms with Gasteiger partial charge in [-0.25, -0.2) is 29.0 Å². The summed E-state index contributed by atoms with van der Waals surface area (Å²) in [6.07, 6.45) is 5.90. The van der Waals surface area contributed by atoms with Gasteiger partial charge in [-0.3, -0.25) is 29.3 Å². The van der Waals surface area contributed by atoms with Crippen molar-refractivity contribution in [3.05, 3.63) is 138 Å². The molecule has 0 aromatic heterocycles. The van der Waals surface area contributed by atoms with Gasteiger partial charge in [0.1, 0.15) is 28.7 Å². The van der Waals surface area contributed by atoms with Crippen molar-refractivity contribution in [1.29, 1.82) is 0 Å². The lowest BCUT2D eigenvalue weighted by atomic mass is 9.89. The van der Waals surface area contributed by atoms with Crippen molar-refractivity contribution < 1.29 is 72.0 Å². The van der Waals surface area contributed by atoms with Crippen LogP contribution in [0.25, 0.3) is 0 Å². The molecule has 9 rings (SSSR count). The van der Waals surface area contributed by atoms with Crippen molar-refractivity contribution >= 4 is 54.3 Å². The monoisotopic (exact) mass is 1240 g/mol. The summed E-state index contributed by atoms with van der Waals surface area (Å²) in [4.78, 5) is 111. The summed E-state index contributed by atoms with van der Waals surface area (Å²) in [5.74, 6) is -1.95. The molecule has 1 aliphatic heterocycles. The van der Waals surface area contributed by atoms with Gasteiger partial charge in [0.2, 0.25) is 11.8 Å². The van der Waals surface area contributed by atoms with Crippen LogP contribution >= 0.6 is 0 Å². The lowest BCUT2D eigenvalue weighted by Crippen LogP contribution is -2.34. The molecule has 1 saturated heterocycles. The van der Waals surface area contributed by atoms with Crippen molar-refractivity contribution in [2.75, 3.05) is 14.2 Å². The molecule has 1 unspecified atom stereocenters. The number of carboxylic acids is 1. The number of nitrogens with zero attached hydrogens (tertiary/aromatic N) is 1. The Balaban J connectivity index is 0.000000192. The third-order valence-corrected chi connectivity index (χ3v) is 16.1. The largest absolute Gasteiger partial charge is 0.478 e. The average Bonchev–Trinajstić information content (AvgIpc) is 1.63. The zero-order valence-corrected chi connectivity index (χ0v) is 55.6. The highest BCUT2D eigenvalue weighted by Gasteiger charge is 2.37. The van der Waals surface area contributed by atoms with Crippen molar-refractivity contribution in [2.45, 2.75) is 221 Å². The van der Waals surface area contributed by atoms with Gasteiger partial charge >= 0.3 is 30.3 Å². The molecule has 4 aliphatic carbocycles. The molecule has 4 aromatic carbocycles. The number of fused-ring (bicyclic) bond motifs is 4. The number of hydroxylamine groups is 2. The third kappa shape index (κ3) is 18.4. The number of rotatable bonds is 9. The summed E-state index contributed by atoms with van der Waals surface area (Å²) in [7, 11) is 3.04. The van der Waals surface area contributed by atoms with Gasteiger partial charge in [0.05, 0.1) is 42.8 Å². The number of carbonyl (C=O) groups excluding carboxylic acids is 8. The van der Waals surface area contributed by atoms with Gasteiger partial charge < -0.3 is 45.3 Å². The van der Waals surface area contributed by atoms with E-state index in [1.54, 1.807) is 25.2 Å². The van der Waals surface area contributed by atoms with Crippen LogP contribution < -0.4 is 26.6 Å². The molecule has 488 valence electrons. The maximum Gasteiger partial charge on any atom is 0.408 e. The summed E-state index contributed by atoms with van der Waals surface area (Å²) in [6.45, 7) is 29.7. The molecule has 7 amide bonds. The van der Waals surface area contributed by atoms with Crippen LogP contribution in [0, 0.1) is 27.7 Å². The predicted octanol–water partition coefficient (Wildman–Crippen LogP) is 12.3. The maximum absolute atomic E-state index is 12.3. The van der Waals surface area contributed by atoms with E-state index >= 15 is 0 Å². The zero-order valence-electron chi connectivity index (χ0n) is 55.6. The number of benzene rings is 4. The zero-order chi connectivity index (χ0) is 67.1. The van der Waals surface area contributed by atoms with E-state index in [9.17, 15) is 43.2 Å². The minimum atomic E-state index is -0.918. The number of aldehydes is 1. The Labute approximate surface area is 528 Å². The van der Waals surface area contributed by atoms with Crippen molar-refractivity contribution in [3.63, 3.8) is 0 Å². The summed E-state index contributed by atoms with van der Waals surface area (Å²) < 4.78 is 21.2. The van der Waals surface area contributed by atoms with Crippen molar-refractivity contribution in [2.24, 2.45) is 0 Å². The lowest BCUT2D eigenvalue weighted by Gasteiger charge is -2.22. The molecule has 0 bridgehead atoms. The van der Waals surface area contributed by atoms with E-state index in [2.05, 4.69) is 26.6 Å². The minimum Gasteiger partial charge on any atom is -0.478 e. The molecule has 5 aliphatic rings. The van der Waals surface area contributed by atoms with E-state index < -0.39 is 58.7 Å². The maximum atomic E-state index is 12.3. The molecule has 4 aromatic rings. The van der Waals surface area contributed by atoms with Crippen LogP contribution in [0.1, 0.15) is 249 Å². The second-order valence-electron chi connectivity index (χ2n) is 27.3. The normalized spacial score (nSPS) is 18.6. The number of aromatic carboxylic acids is 1. The molecule has 1 heterocycles. The van der Waals surface area contributed by atoms with E-state index in [0.29, 0.717) is 11.1 Å². The standard InChI is InChI=1S/C19H24N2O4.C18H26N2O4.C16H21NO4.C16H21NO3/c1-10-11-7-8-15(20-18(24)25-19(2,3)4)13(11)6-5-12(10)14-9-16(22)21-17(14)23;1-11-12-9-10-15(19-17(22)24-18(2,3)4)14(12)8-7-13(11)16(21)20(5)23-6;1-9-10-7-8-13(17-15(20)21-16(2,3)4)12(10)6-5-11(9)14(18)19;1-10-11(9-18)5-6-13-12(10)7-8-14(13)17-15(19)20-16(2,3)4/h5-6,14-15H,7-9H2,1-4H3,(H,20,24)(H,21,22,23);7-8,15H,9-10H2,1-6H3,(H,19,22);5-6,13H,7-8H2,1-4H3,(H,17,20)(H,18,19);5-6,9,14H,7-8H2,1-4H3,(H,17,19)/t14?,15-;15-;13-;14-/m0000/s1. The Morgan fingerprint density at radius 2 is 0.822 bits per heavy atom. The molecular formula is C69H92N6O15. The molecular weight excluding hydrogens is 1150 g/mol. The quantitative estimate of drug-likeness (QED) is 0.0393. The van der Waals surface area contributed by atoms with Crippen LogP contribution in [0.5, 0.6) is 0 Å². The Bertz CT molecular complexity index is 3420. The molecule has 0 saturated carbocycles. The van der Waals surface area contributed by atoms with Crippen LogP contribution in [0.3, 0.4) is 0 Å². The van der Waals surface area contributed by atoms with Crippen LogP contribution in [-0.2, 0) is 59.1 Å². The fourth-order valence-electron chi connectivity index (χ4n) is 12.0. The highest BCUT2D eigenvalue weighted by atomic mass is 16.7. The molecule has 0 spiro atoms. The lowest BCUT2D eigenvalue weighted by molar-refractivity contribution is -0.125. The first-order valence-electron chi connectivity index (χ1n) is 30.6. The summed E-state index contributed by atoms with van der Waals surface area (Å²) in [5.41, 5.74) is 12.9. The number of nitrogens with one attached hydrogen (secondary N) is 5. The Hall–Kier alpha value is -8.33. The van der Waals surface area contributed by atoms with Gasteiger partial charge in [0, 0.05) is 24.6 Å². The molecule has 21 nitrogen and oxygen atoms in total. The Kier molecular flexibility index (Phi) is 22.5. The van der Waals surface area contributed by atoms with Crippen LogP contribution in [0.2, 0.25) is 0 Å². The first-order valence-corrected chi connectivity index (χ1v) is 30.6. The van der Waals surface area contributed by atoms with Crippen molar-refractivity contribution in [1.82, 2.24) is 31.6 Å². The highest BCUT2D eigenvalue weighted by molar-refractivity contribution is 6.06. The predicted molar refractivity (Wildman–Crippen MR) is 338 cm³/mol. The van der Waals surface area contributed by atoms with E-state index in [0.717, 1.165) is 130 Å². The SMILES string of the molecule is CON(C)C(=O)c1ccc2c(c1C)CC[C@@H]2NC(=O)OC(C)(C)C.Cc1c(C(=O)O)ccc2c1CC[C@@H]2NC(=O)OC(C)(C)C.Cc1c(C2CC(=O)NC2=O)ccc2c1CC[C@@H]2NC(=O)OC(C)(C)C.Cc1c(C=O)ccc2c1CC[C@@H]2NC(=O)OC(C)(C)C. The molecule has 90 heavy (non-hydrogen) atoms. The summed E-state index contributed by atoms with van der Waals surface area (Å²) in [5, 5.41) is 24.3. The second-order valence-corrected chi connectivity index (χ2v) is 27.3.